The quantitative estimate of drug-likeness (QED) is 0.560. The predicted octanol–water partition coefficient (Wildman–Crippen LogP) is 0.641. The van der Waals surface area contributed by atoms with E-state index in [0.717, 1.165) is 0 Å². The Balaban J connectivity index is -0.00000000500. The molecule has 0 aliphatic carbocycles. The first-order valence-corrected chi connectivity index (χ1v) is 1.52. The number of rotatable bonds is 0. The van der Waals surface area contributed by atoms with Crippen LogP contribution in [0.25, 0.3) is 0 Å². The molecule has 0 nitrogen and oxygen atoms in total. The molecule has 0 spiro atoms. The Hall–Kier alpha value is 2.01. The van der Waals surface area contributed by atoms with Gasteiger partial charge in [-0.05, 0) is 0 Å². The maximum atomic E-state index is 3.77. The zero-order valence-corrected chi connectivity index (χ0v) is 8.44. The van der Waals surface area contributed by atoms with Gasteiger partial charge in [-0.3, -0.25) is 0 Å². The molecule has 4 heavy (non-hydrogen) atoms. The van der Waals surface area contributed by atoms with E-state index in [1.165, 1.54) is 0 Å². The summed E-state index contributed by atoms with van der Waals surface area (Å²) in [5, 5.41) is 0. The molecule has 0 saturated carbocycles. The van der Waals surface area contributed by atoms with Gasteiger partial charge in [-0.2, -0.15) is 0 Å². The van der Waals surface area contributed by atoms with Gasteiger partial charge in [0.2, 0.25) is 0 Å². The van der Waals surface area contributed by atoms with Crippen molar-refractivity contribution in [2.75, 3.05) is 0 Å². The van der Waals surface area contributed by atoms with Crippen LogP contribution in [0.5, 0.6) is 0 Å². The first-order valence-electron chi connectivity index (χ1n) is 0.123. The topological polar surface area (TPSA) is 0 Å². The number of hydrogen-bond donors (Lipinski definition) is 0. The summed E-state index contributed by atoms with van der Waals surface area (Å²) in [6.07, 6.45) is 0. The molecular weight excluding hydrogens is 240 g/mol. The number of hydrogen-bond acceptors (Lipinski definition) is 1. The molecular formula is CdCuS2. The van der Waals surface area contributed by atoms with E-state index >= 15 is 0 Å². The predicted molar refractivity (Wildman–Crippen MR) is 15.0 cm³/mol. The van der Waals surface area contributed by atoms with E-state index in [-0.39, 0.29) is 40.8 Å². The monoisotopic (exact) mass is 241 g/mol. The molecule has 0 radical (unpaired) electrons. The standard InChI is InChI=1S/Cd.Cu.2S/q+2;;;-2. The van der Waals surface area contributed by atoms with Gasteiger partial charge in [-0.15, -0.1) is 0 Å². The molecule has 0 saturated heterocycles. The third-order valence-corrected chi connectivity index (χ3v) is 0. The molecule has 4 heteroatoms. The molecule has 0 aromatic carbocycles. The van der Waals surface area contributed by atoms with Crippen LogP contribution in [0.1, 0.15) is 0 Å². The first-order chi connectivity index (χ1) is 1.00. The summed E-state index contributed by atoms with van der Waals surface area (Å²) in [6.45, 7) is 0. The molecule has 0 fully saturated rings. The van der Waals surface area contributed by atoms with Crippen molar-refractivity contribution in [3.63, 3.8) is 0 Å². The average Bonchev–Trinajstić information content (AvgIpc) is 1.00. The van der Waals surface area contributed by atoms with Crippen molar-refractivity contribution in [1.29, 1.82) is 0 Å². The van der Waals surface area contributed by atoms with Crippen LogP contribution in [0.4, 0.5) is 0 Å². The minimum atomic E-state index is 0. The van der Waals surface area contributed by atoms with Crippen LogP contribution in [0.3, 0.4) is 0 Å². The molecule has 0 heterocycles. The zero-order chi connectivity index (χ0) is 2.00. The van der Waals surface area contributed by atoms with Crippen molar-refractivity contribution in [2.24, 2.45) is 0 Å². The summed E-state index contributed by atoms with van der Waals surface area (Å²) in [6, 6.07) is 0. The third-order valence-electron chi connectivity index (χ3n) is 0. The molecule has 0 aliphatic rings. The van der Waals surface area contributed by atoms with Crippen LogP contribution in [0.15, 0.2) is 0 Å². The molecule has 0 atom stereocenters. The van der Waals surface area contributed by atoms with E-state index in [9.17, 15) is 0 Å². The van der Waals surface area contributed by atoms with E-state index < -0.39 is 0 Å². The van der Waals surface area contributed by atoms with Gasteiger partial charge >= 0.3 is 52.2 Å². The van der Waals surface area contributed by atoms with E-state index in [1.807, 2.05) is 0 Å². The summed E-state index contributed by atoms with van der Waals surface area (Å²) in [4.78, 5) is 0. The first kappa shape index (κ1) is 16.6. The molecule has 0 bridgehead atoms. The fraction of sp³-hybridized carbons (Fsp3) is 0. The van der Waals surface area contributed by atoms with Crippen LogP contribution < -0.4 is 0 Å². The van der Waals surface area contributed by atoms with Crippen molar-refractivity contribution in [3.8, 4) is 0 Å². The Kier molecular flexibility index (Phi) is 83.0. The van der Waals surface area contributed by atoms with Crippen molar-refractivity contribution in [1.82, 2.24) is 0 Å². The average molecular weight is 240 g/mol. The molecule has 0 amide bonds. The van der Waals surface area contributed by atoms with Crippen molar-refractivity contribution in [3.05, 3.63) is 0 Å². The second-order valence-corrected chi connectivity index (χ2v) is 0. The molecule has 25 valence electrons. The van der Waals surface area contributed by atoms with Gasteiger partial charge in [0, 0.05) is 0 Å². The summed E-state index contributed by atoms with van der Waals surface area (Å²) >= 11 is 3.77. The fourth-order valence-corrected chi connectivity index (χ4v) is 0. The van der Waals surface area contributed by atoms with Crippen LogP contribution in [-0.4, -0.2) is 0 Å². The zero-order valence-electron chi connectivity index (χ0n) is 1.83. The van der Waals surface area contributed by atoms with Crippen LogP contribution in [0.2, 0.25) is 0 Å². The molecule has 0 aromatic heterocycles. The molecule has 0 unspecified atom stereocenters. The second kappa shape index (κ2) is 19.9. The second-order valence-electron chi connectivity index (χ2n) is 0. The van der Waals surface area contributed by atoms with E-state index in [1.54, 1.807) is 0 Å². The van der Waals surface area contributed by atoms with E-state index in [0.29, 0.717) is 0 Å². The summed E-state index contributed by atoms with van der Waals surface area (Å²) in [5.74, 6) is 0. The SMILES string of the molecule is [Cd+2].[S-2].[S]=[Cu]. The van der Waals surface area contributed by atoms with Gasteiger partial charge in [0.25, 0.3) is 0 Å². The van der Waals surface area contributed by atoms with Crippen molar-refractivity contribution < 1.29 is 41.7 Å². The molecule has 0 aliphatic heterocycles. The molecule has 0 aromatic rings. The van der Waals surface area contributed by atoms with Gasteiger partial charge < -0.3 is 13.5 Å². The molecule has 0 rings (SSSR count). The van der Waals surface area contributed by atoms with E-state index in [2.05, 4.69) is 24.9 Å². The van der Waals surface area contributed by atoms with Crippen molar-refractivity contribution in [2.45, 2.75) is 0 Å². The van der Waals surface area contributed by atoms with Gasteiger partial charge in [-0.1, -0.05) is 0 Å². The Morgan fingerprint density at radius 1 is 1.25 bits per heavy atom. The minimum absolute atomic E-state index is 0. The normalized spacial score (nSPS) is 1.50. The van der Waals surface area contributed by atoms with Gasteiger partial charge in [0.05, 0.1) is 0 Å². The Morgan fingerprint density at radius 3 is 1.25 bits per heavy atom. The Bertz CT molecular complexity index is 6.00. The van der Waals surface area contributed by atoms with Gasteiger partial charge in [0.1, 0.15) is 0 Å². The maximum absolute atomic E-state index is 3.77. The van der Waals surface area contributed by atoms with Crippen LogP contribution in [0, 0.1) is 0 Å². The molecule has 0 N–H and O–H groups in total. The fourth-order valence-electron chi connectivity index (χ4n) is 0. The Morgan fingerprint density at radius 2 is 1.25 bits per heavy atom. The van der Waals surface area contributed by atoms with Crippen molar-refractivity contribution >= 4 is 24.0 Å². The van der Waals surface area contributed by atoms with Crippen LogP contribution in [-0.2, 0) is 55.2 Å². The Labute approximate surface area is 65.0 Å². The third kappa shape index (κ3) is 8.99. The van der Waals surface area contributed by atoms with Crippen LogP contribution >= 0.6 is 10.6 Å². The van der Waals surface area contributed by atoms with Gasteiger partial charge in [-0.25, -0.2) is 0 Å². The summed E-state index contributed by atoms with van der Waals surface area (Å²) in [7, 11) is 3.65. The van der Waals surface area contributed by atoms with E-state index in [4.69, 9.17) is 0 Å². The summed E-state index contributed by atoms with van der Waals surface area (Å²) < 4.78 is 0. The van der Waals surface area contributed by atoms with Gasteiger partial charge in [0.15, 0.2) is 0 Å². The summed E-state index contributed by atoms with van der Waals surface area (Å²) in [5.41, 5.74) is 0.